The summed E-state index contributed by atoms with van der Waals surface area (Å²) < 4.78 is 0. The lowest BCUT2D eigenvalue weighted by Crippen LogP contribution is -2.30. The summed E-state index contributed by atoms with van der Waals surface area (Å²) in [5.41, 5.74) is 2.59. The van der Waals surface area contributed by atoms with Gasteiger partial charge >= 0.3 is 0 Å². The molecule has 5 heteroatoms. The maximum Gasteiger partial charge on any atom is 0.251 e. The van der Waals surface area contributed by atoms with Crippen molar-refractivity contribution in [3.8, 4) is 11.1 Å². The molecule has 0 atom stereocenters. The van der Waals surface area contributed by atoms with Crippen molar-refractivity contribution in [1.29, 1.82) is 0 Å². The van der Waals surface area contributed by atoms with Crippen molar-refractivity contribution < 1.29 is 4.79 Å². The van der Waals surface area contributed by atoms with Crippen molar-refractivity contribution in [3.05, 3.63) is 42.2 Å². The Morgan fingerprint density at radius 3 is 2.58 bits per heavy atom. The van der Waals surface area contributed by atoms with Gasteiger partial charge in [-0.3, -0.25) is 4.79 Å². The molecule has 1 fully saturated rings. The molecule has 2 heterocycles. The molecule has 0 saturated carbocycles. The molecule has 1 aliphatic heterocycles. The Hall–Kier alpha value is -2.43. The Morgan fingerprint density at radius 1 is 1.08 bits per heavy atom. The number of anilines is 1. The van der Waals surface area contributed by atoms with Crippen LogP contribution in [0.1, 0.15) is 55.8 Å². The lowest BCUT2D eigenvalue weighted by atomic mass is 10.1. The number of nitrogens with one attached hydrogen (secondary N) is 1. The van der Waals surface area contributed by atoms with Crippen LogP contribution in [-0.2, 0) is 0 Å². The molecule has 5 nitrogen and oxygen atoms in total. The first-order chi connectivity index (χ1) is 12.8. The molecule has 1 N–H and O–H groups in total. The Labute approximate surface area is 155 Å². The van der Waals surface area contributed by atoms with Gasteiger partial charge in [-0.05, 0) is 43.4 Å². The van der Waals surface area contributed by atoms with E-state index in [4.69, 9.17) is 0 Å². The fourth-order valence-corrected chi connectivity index (χ4v) is 3.25. The van der Waals surface area contributed by atoms with E-state index in [0.717, 1.165) is 56.0 Å². The Morgan fingerprint density at radius 2 is 1.85 bits per heavy atom. The highest BCUT2D eigenvalue weighted by Gasteiger charge is 2.13. The number of piperidine rings is 1. The molecule has 1 aromatic carbocycles. The van der Waals surface area contributed by atoms with E-state index in [1.807, 2.05) is 36.7 Å². The van der Waals surface area contributed by atoms with Crippen LogP contribution < -0.4 is 10.2 Å². The Balaban J connectivity index is 1.66. The number of hydrogen-bond donors (Lipinski definition) is 1. The van der Waals surface area contributed by atoms with Crippen molar-refractivity contribution in [3.63, 3.8) is 0 Å². The zero-order chi connectivity index (χ0) is 18.2. The van der Waals surface area contributed by atoms with Gasteiger partial charge in [-0.1, -0.05) is 31.9 Å². The molecule has 0 spiro atoms. The first-order valence-corrected chi connectivity index (χ1v) is 9.73. The van der Waals surface area contributed by atoms with E-state index in [1.165, 1.54) is 19.3 Å². The second-order valence-electron chi connectivity index (χ2n) is 6.86. The number of hydrogen-bond acceptors (Lipinski definition) is 4. The SMILES string of the molecule is CCCCCNC(=O)c1cccc(-c2cnc(N3CCCCC3)nc2)c1. The number of aromatic nitrogens is 2. The van der Waals surface area contributed by atoms with Crippen molar-refractivity contribution in [1.82, 2.24) is 15.3 Å². The van der Waals surface area contributed by atoms with E-state index < -0.39 is 0 Å². The second-order valence-corrected chi connectivity index (χ2v) is 6.86. The third-order valence-electron chi connectivity index (χ3n) is 4.80. The largest absolute Gasteiger partial charge is 0.352 e. The van der Waals surface area contributed by atoms with Crippen LogP contribution in [0.5, 0.6) is 0 Å². The molecule has 1 aromatic heterocycles. The van der Waals surface area contributed by atoms with Gasteiger partial charge in [0.15, 0.2) is 0 Å². The van der Waals surface area contributed by atoms with E-state index >= 15 is 0 Å². The molecular weight excluding hydrogens is 324 g/mol. The lowest BCUT2D eigenvalue weighted by molar-refractivity contribution is 0.0953. The van der Waals surface area contributed by atoms with Crippen molar-refractivity contribution in [2.24, 2.45) is 0 Å². The summed E-state index contributed by atoms with van der Waals surface area (Å²) in [6, 6.07) is 7.66. The highest BCUT2D eigenvalue weighted by Crippen LogP contribution is 2.21. The molecule has 3 rings (SSSR count). The molecule has 1 aliphatic rings. The second kappa shape index (κ2) is 9.32. The van der Waals surface area contributed by atoms with Crippen molar-refractivity contribution in [2.45, 2.75) is 45.4 Å². The van der Waals surface area contributed by atoms with E-state index in [9.17, 15) is 4.79 Å². The molecule has 1 amide bonds. The minimum Gasteiger partial charge on any atom is -0.352 e. The molecule has 2 aromatic rings. The van der Waals surface area contributed by atoms with Crippen LogP contribution in [0, 0.1) is 0 Å². The Kier molecular flexibility index (Phi) is 6.58. The Bertz CT molecular complexity index is 708. The minimum absolute atomic E-state index is 0.0196. The van der Waals surface area contributed by atoms with E-state index in [-0.39, 0.29) is 5.91 Å². The van der Waals surface area contributed by atoms with Gasteiger partial charge in [-0.2, -0.15) is 0 Å². The van der Waals surface area contributed by atoms with E-state index in [0.29, 0.717) is 5.56 Å². The number of unbranched alkanes of at least 4 members (excludes halogenated alkanes) is 2. The molecule has 1 saturated heterocycles. The number of nitrogens with zero attached hydrogens (tertiary/aromatic N) is 3. The maximum atomic E-state index is 12.3. The van der Waals surface area contributed by atoms with Crippen LogP contribution in [-0.4, -0.2) is 35.5 Å². The number of benzene rings is 1. The van der Waals surface area contributed by atoms with Gasteiger partial charge in [-0.25, -0.2) is 9.97 Å². The molecule has 0 radical (unpaired) electrons. The summed E-state index contributed by atoms with van der Waals surface area (Å²) in [4.78, 5) is 23.6. The highest BCUT2D eigenvalue weighted by molar-refractivity contribution is 5.95. The molecule has 0 unspecified atom stereocenters. The van der Waals surface area contributed by atoms with Crippen LogP contribution in [0.25, 0.3) is 11.1 Å². The normalized spacial score (nSPS) is 14.3. The standard InChI is InChI=1S/C21H28N4O/c1-2-3-5-11-22-20(26)18-10-8-9-17(14-18)19-15-23-21(24-16-19)25-12-6-4-7-13-25/h8-10,14-16H,2-7,11-13H2,1H3,(H,22,26). The number of carbonyl (C=O) groups is 1. The monoisotopic (exact) mass is 352 g/mol. The van der Waals surface area contributed by atoms with Gasteiger partial charge in [0.2, 0.25) is 5.95 Å². The molecule has 0 aliphatic carbocycles. The van der Waals surface area contributed by atoms with Gasteiger partial charge < -0.3 is 10.2 Å². The van der Waals surface area contributed by atoms with Crippen LogP contribution in [0.4, 0.5) is 5.95 Å². The van der Waals surface area contributed by atoms with E-state index in [2.05, 4.69) is 27.1 Å². The van der Waals surface area contributed by atoms with Crippen molar-refractivity contribution >= 4 is 11.9 Å². The predicted octanol–water partition coefficient (Wildman–Crippen LogP) is 4.05. The van der Waals surface area contributed by atoms with Crippen LogP contribution >= 0.6 is 0 Å². The molecule has 26 heavy (non-hydrogen) atoms. The average molecular weight is 352 g/mol. The summed E-state index contributed by atoms with van der Waals surface area (Å²) in [7, 11) is 0. The first kappa shape index (κ1) is 18.4. The minimum atomic E-state index is -0.0196. The first-order valence-electron chi connectivity index (χ1n) is 9.73. The van der Waals surface area contributed by atoms with Gasteiger partial charge in [0.05, 0.1) is 0 Å². The van der Waals surface area contributed by atoms with Crippen LogP contribution in [0.2, 0.25) is 0 Å². The summed E-state index contributed by atoms with van der Waals surface area (Å²) in [5, 5.41) is 2.99. The predicted molar refractivity (Wildman–Crippen MR) is 105 cm³/mol. The summed E-state index contributed by atoms with van der Waals surface area (Å²) in [6.45, 7) is 4.95. The summed E-state index contributed by atoms with van der Waals surface area (Å²) in [6.07, 6.45) is 10.7. The number of carbonyl (C=O) groups excluding carboxylic acids is 1. The van der Waals surface area contributed by atoms with Gasteiger partial charge in [0.1, 0.15) is 0 Å². The molecular formula is C21H28N4O. The smallest absolute Gasteiger partial charge is 0.251 e. The molecule has 0 bridgehead atoms. The topological polar surface area (TPSA) is 58.1 Å². The van der Waals surface area contributed by atoms with Crippen molar-refractivity contribution in [2.75, 3.05) is 24.5 Å². The fourth-order valence-electron chi connectivity index (χ4n) is 3.25. The fraction of sp³-hybridized carbons (Fsp3) is 0.476. The van der Waals surface area contributed by atoms with Gasteiger partial charge in [-0.15, -0.1) is 0 Å². The highest BCUT2D eigenvalue weighted by atomic mass is 16.1. The zero-order valence-corrected chi connectivity index (χ0v) is 15.6. The van der Waals surface area contributed by atoms with Crippen LogP contribution in [0.3, 0.4) is 0 Å². The lowest BCUT2D eigenvalue weighted by Gasteiger charge is -2.26. The van der Waals surface area contributed by atoms with E-state index in [1.54, 1.807) is 0 Å². The van der Waals surface area contributed by atoms with Gasteiger partial charge in [0, 0.05) is 43.2 Å². The maximum absolute atomic E-state index is 12.3. The third kappa shape index (κ3) is 4.81. The third-order valence-corrected chi connectivity index (χ3v) is 4.80. The van der Waals surface area contributed by atoms with Crippen LogP contribution in [0.15, 0.2) is 36.7 Å². The zero-order valence-electron chi connectivity index (χ0n) is 15.6. The molecule has 138 valence electrons. The quantitative estimate of drug-likeness (QED) is 0.764. The van der Waals surface area contributed by atoms with Gasteiger partial charge in [0.25, 0.3) is 5.91 Å². The average Bonchev–Trinajstić information content (AvgIpc) is 2.72. The number of rotatable bonds is 7. The number of amides is 1. The summed E-state index contributed by atoms with van der Waals surface area (Å²) >= 11 is 0. The summed E-state index contributed by atoms with van der Waals surface area (Å²) in [5.74, 6) is 0.784.